The van der Waals surface area contributed by atoms with E-state index < -0.39 is 12.0 Å². The fraction of sp³-hybridized carbons (Fsp3) is 1.00. The lowest BCUT2D eigenvalue weighted by atomic mass is 9.90. The lowest BCUT2D eigenvalue weighted by Gasteiger charge is -2.26. The van der Waals surface area contributed by atoms with E-state index in [1.54, 1.807) is 0 Å². The van der Waals surface area contributed by atoms with E-state index in [9.17, 15) is 8.78 Å². The van der Waals surface area contributed by atoms with Gasteiger partial charge in [0.05, 0.1) is 5.54 Å². The van der Waals surface area contributed by atoms with Crippen LogP contribution in [0.3, 0.4) is 0 Å². The molecule has 84 valence electrons. The molecule has 0 spiro atoms. The summed E-state index contributed by atoms with van der Waals surface area (Å²) in [6.45, 7) is 2.15. The van der Waals surface area contributed by atoms with Crippen molar-refractivity contribution < 1.29 is 8.78 Å². The third kappa shape index (κ3) is 2.91. The summed E-state index contributed by atoms with van der Waals surface area (Å²) < 4.78 is 25.3. The van der Waals surface area contributed by atoms with E-state index in [4.69, 9.17) is 5.73 Å². The topological polar surface area (TPSA) is 26.0 Å². The smallest absolute Gasteiger partial charge is 0.256 e. The van der Waals surface area contributed by atoms with Crippen molar-refractivity contribution in [1.82, 2.24) is 0 Å². The summed E-state index contributed by atoms with van der Waals surface area (Å²) in [6.07, 6.45) is 3.78. The van der Waals surface area contributed by atoms with Crippen LogP contribution in [0.2, 0.25) is 0 Å². The lowest BCUT2D eigenvalue weighted by molar-refractivity contribution is 0.0438. The van der Waals surface area contributed by atoms with Crippen LogP contribution in [0.1, 0.15) is 51.9 Å². The van der Waals surface area contributed by atoms with Gasteiger partial charge in [-0.15, -0.1) is 0 Å². The van der Waals surface area contributed by atoms with Crippen LogP contribution in [-0.2, 0) is 0 Å². The maximum absolute atomic E-state index is 12.7. The van der Waals surface area contributed by atoms with Crippen molar-refractivity contribution in [1.29, 1.82) is 0 Å². The predicted octanol–water partition coefficient (Wildman–Crippen LogP) is 3.33. The number of alkyl halides is 2. The highest BCUT2D eigenvalue weighted by molar-refractivity contribution is 4.89. The van der Waals surface area contributed by atoms with E-state index >= 15 is 0 Å². The first kappa shape index (κ1) is 11.9. The van der Waals surface area contributed by atoms with Gasteiger partial charge in [0, 0.05) is 0 Å². The molecule has 2 N–H and O–H groups in total. The number of rotatable bonds is 3. The molecule has 1 saturated carbocycles. The lowest BCUT2D eigenvalue weighted by Crippen LogP contribution is -2.46. The number of hydrogen-bond acceptors (Lipinski definition) is 1. The van der Waals surface area contributed by atoms with Crippen molar-refractivity contribution in [2.45, 2.75) is 63.8 Å². The Morgan fingerprint density at radius 1 is 1.36 bits per heavy atom. The van der Waals surface area contributed by atoms with Crippen molar-refractivity contribution in [2.75, 3.05) is 0 Å². The fourth-order valence-electron chi connectivity index (χ4n) is 2.38. The van der Waals surface area contributed by atoms with Gasteiger partial charge in [-0.2, -0.15) is 0 Å². The quantitative estimate of drug-likeness (QED) is 0.703. The summed E-state index contributed by atoms with van der Waals surface area (Å²) in [7, 11) is 0. The Hall–Kier alpha value is -0.180. The molecule has 0 bridgehead atoms. The molecule has 14 heavy (non-hydrogen) atoms. The van der Waals surface area contributed by atoms with Crippen LogP contribution in [0, 0.1) is 5.92 Å². The summed E-state index contributed by atoms with van der Waals surface area (Å²) in [5.74, 6) is 0.629. The van der Waals surface area contributed by atoms with Crippen molar-refractivity contribution in [3.63, 3.8) is 0 Å². The van der Waals surface area contributed by atoms with Crippen LogP contribution in [-0.4, -0.2) is 12.0 Å². The molecule has 1 rings (SSSR count). The molecule has 2 atom stereocenters. The first-order valence-electron chi connectivity index (χ1n) is 5.65. The minimum absolute atomic E-state index is 0.491. The molecule has 0 amide bonds. The molecule has 0 aliphatic heterocycles. The molecule has 3 heteroatoms. The molecule has 1 fully saturated rings. The standard InChI is InChI=1S/C11H21F2N/c1-2-4-9-5-3-7-11(14,8-6-9)10(12)13/h9-10H,2-8,14H2,1H3. The first-order chi connectivity index (χ1) is 6.58. The van der Waals surface area contributed by atoms with Crippen molar-refractivity contribution in [3.05, 3.63) is 0 Å². The van der Waals surface area contributed by atoms with Gasteiger partial charge in [0.25, 0.3) is 6.43 Å². The van der Waals surface area contributed by atoms with Gasteiger partial charge in [0.15, 0.2) is 0 Å². The Bertz CT molecular complexity index is 173. The molecular weight excluding hydrogens is 184 g/mol. The maximum atomic E-state index is 12.7. The largest absolute Gasteiger partial charge is 0.320 e. The molecular formula is C11H21F2N. The molecule has 0 aromatic rings. The maximum Gasteiger partial charge on any atom is 0.256 e. The zero-order chi connectivity index (χ0) is 10.6. The average Bonchev–Trinajstić information content (AvgIpc) is 2.30. The van der Waals surface area contributed by atoms with E-state index in [0.29, 0.717) is 18.8 Å². The second-order valence-corrected chi connectivity index (χ2v) is 4.62. The van der Waals surface area contributed by atoms with E-state index in [-0.39, 0.29) is 0 Å². The van der Waals surface area contributed by atoms with Gasteiger partial charge in [0.1, 0.15) is 0 Å². The van der Waals surface area contributed by atoms with E-state index in [2.05, 4.69) is 6.92 Å². The van der Waals surface area contributed by atoms with Gasteiger partial charge in [-0.25, -0.2) is 8.78 Å². The molecule has 0 aromatic heterocycles. The molecule has 0 radical (unpaired) electrons. The number of hydrogen-bond donors (Lipinski definition) is 1. The zero-order valence-electron chi connectivity index (χ0n) is 8.94. The van der Waals surface area contributed by atoms with Crippen LogP contribution in [0.25, 0.3) is 0 Å². The predicted molar refractivity (Wildman–Crippen MR) is 54.4 cm³/mol. The van der Waals surface area contributed by atoms with Crippen LogP contribution in [0.5, 0.6) is 0 Å². The van der Waals surface area contributed by atoms with Gasteiger partial charge in [-0.3, -0.25) is 0 Å². The molecule has 0 heterocycles. The van der Waals surface area contributed by atoms with Gasteiger partial charge >= 0.3 is 0 Å². The Labute approximate surface area is 85.1 Å². The van der Waals surface area contributed by atoms with Crippen LogP contribution < -0.4 is 5.73 Å². The average molecular weight is 205 g/mol. The monoisotopic (exact) mass is 205 g/mol. The van der Waals surface area contributed by atoms with Gasteiger partial charge in [-0.05, 0) is 25.2 Å². The van der Waals surface area contributed by atoms with Crippen LogP contribution in [0.4, 0.5) is 8.78 Å². The van der Waals surface area contributed by atoms with Gasteiger partial charge in [0.2, 0.25) is 0 Å². The highest BCUT2D eigenvalue weighted by Crippen LogP contribution is 2.34. The second kappa shape index (κ2) is 5.06. The van der Waals surface area contributed by atoms with Crippen LogP contribution in [0.15, 0.2) is 0 Å². The van der Waals surface area contributed by atoms with Gasteiger partial charge in [-0.1, -0.05) is 32.6 Å². The second-order valence-electron chi connectivity index (χ2n) is 4.62. The summed E-state index contributed by atoms with van der Waals surface area (Å²) in [5.41, 5.74) is 4.52. The minimum atomic E-state index is -2.36. The Morgan fingerprint density at radius 2 is 2.07 bits per heavy atom. The summed E-state index contributed by atoms with van der Waals surface area (Å²) >= 11 is 0. The number of halogens is 2. The Kier molecular flexibility index (Phi) is 4.30. The van der Waals surface area contributed by atoms with E-state index in [0.717, 1.165) is 25.7 Å². The third-order valence-corrected chi connectivity index (χ3v) is 3.40. The number of nitrogens with two attached hydrogens (primary N) is 1. The Balaban J connectivity index is 2.47. The molecule has 1 aliphatic carbocycles. The first-order valence-corrected chi connectivity index (χ1v) is 5.65. The normalized spacial score (nSPS) is 34.5. The molecule has 0 aromatic carbocycles. The zero-order valence-corrected chi connectivity index (χ0v) is 8.94. The third-order valence-electron chi connectivity index (χ3n) is 3.40. The van der Waals surface area contributed by atoms with E-state index in [1.807, 2.05) is 0 Å². The van der Waals surface area contributed by atoms with Crippen LogP contribution >= 0.6 is 0 Å². The Morgan fingerprint density at radius 3 is 2.64 bits per heavy atom. The van der Waals surface area contributed by atoms with Crippen molar-refractivity contribution in [2.24, 2.45) is 11.7 Å². The summed E-state index contributed by atoms with van der Waals surface area (Å²) in [4.78, 5) is 0. The fourth-order valence-corrected chi connectivity index (χ4v) is 2.38. The minimum Gasteiger partial charge on any atom is -0.320 e. The van der Waals surface area contributed by atoms with Crippen molar-refractivity contribution in [3.8, 4) is 0 Å². The highest BCUT2D eigenvalue weighted by atomic mass is 19.3. The van der Waals surface area contributed by atoms with Gasteiger partial charge < -0.3 is 5.73 Å². The SMILES string of the molecule is CCCC1CCCC(N)(C(F)F)CC1. The molecule has 1 nitrogen and oxygen atoms in total. The summed E-state index contributed by atoms with van der Waals surface area (Å²) in [5, 5.41) is 0. The van der Waals surface area contributed by atoms with E-state index in [1.165, 1.54) is 6.42 Å². The molecule has 2 unspecified atom stereocenters. The highest BCUT2D eigenvalue weighted by Gasteiger charge is 2.37. The molecule has 1 aliphatic rings. The summed E-state index contributed by atoms with van der Waals surface area (Å²) in [6, 6.07) is 0. The van der Waals surface area contributed by atoms with Crippen molar-refractivity contribution >= 4 is 0 Å². The molecule has 0 saturated heterocycles.